The zero-order chi connectivity index (χ0) is 18.9. The fourth-order valence-corrected chi connectivity index (χ4v) is 3.85. The highest BCUT2D eigenvalue weighted by atomic mass is 16.5. The molecule has 7 heteroatoms. The molecule has 1 unspecified atom stereocenters. The van der Waals surface area contributed by atoms with Crippen LogP contribution in [0.25, 0.3) is 0 Å². The van der Waals surface area contributed by atoms with E-state index >= 15 is 0 Å². The van der Waals surface area contributed by atoms with Gasteiger partial charge in [0, 0.05) is 25.7 Å². The molecule has 2 aliphatic rings. The number of nitrogens with zero attached hydrogens (tertiary/aromatic N) is 3. The maximum absolute atomic E-state index is 12.7. The first-order chi connectivity index (χ1) is 13.1. The summed E-state index contributed by atoms with van der Waals surface area (Å²) >= 11 is 0. The van der Waals surface area contributed by atoms with Crippen molar-refractivity contribution in [2.24, 2.45) is 0 Å². The van der Waals surface area contributed by atoms with Crippen LogP contribution in [0.2, 0.25) is 0 Å². The number of ether oxygens (including phenoxy) is 1. The molecule has 2 fully saturated rings. The second-order valence-corrected chi connectivity index (χ2v) is 7.18. The van der Waals surface area contributed by atoms with Gasteiger partial charge in [0.15, 0.2) is 11.6 Å². The van der Waals surface area contributed by atoms with E-state index in [1.165, 1.54) is 6.26 Å². The number of oxazole rings is 1. The van der Waals surface area contributed by atoms with Gasteiger partial charge in [-0.05, 0) is 31.4 Å². The van der Waals surface area contributed by atoms with Crippen molar-refractivity contribution in [3.05, 3.63) is 48.2 Å². The molecule has 27 heavy (non-hydrogen) atoms. The molecule has 0 radical (unpaired) electrons. The lowest BCUT2D eigenvalue weighted by molar-refractivity contribution is -0.140. The normalized spacial score (nSPS) is 23.5. The van der Waals surface area contributed by atoms with E-state index in [9.17, 15) is 9.59 Å². The Morgan fingerprint density at radius 1 is 1.19 bits per heavy atom. The van der Waals surface area contributed by atoms with E-state index in [4.69, 9.17) is 9.15 Å². The molecule has 7 nitrogen and oxygen atoms in total. The minimum atomic E-state index is -0.418. The molecule has 2 amide bonds. The van der Waals surface area contributed by atoms with Gasteiger partial charge in [-0.2, -0.15) is 0 Å². The molecular weight excluding hydrogens is 346 g/mol. The maximum atomic E-state index is 12.7. The summed E-state index contributed by atoms with van der Waals surface area (Å²) in [6, 6.07) is 9.67. The van der Waals surface area contributed by atoms with E-state index in [0.29, 0.717) is 37.6 Å². The summed E-state index contributed by atoms with van der Waals surface area (Å²) in [6.45, 7) is 3.53. The minimum absolute atomic E-state index is 0.0259. The predicted molar refractivity (Wildman–Crippen MR) is 98.5 cm³/mol. The molecule has 1 aromatic carbocycles. The summed E-state index contributed by atoms with van der Waals surface area (Å²) in [5.41, 5.74) is 0.813. The van der Waals surface area contributed by atoms with Crippen LogP contribution in [0.15, 0.2) is 41.0 Å². The quantitative estimate of drug-likeness (QED) is 0.813. The number of hydrogen-bond donors (Lipinski definition) is 0. The number of anilines is 1. The lowest BCUT2D eigenvalue weighted by atomic mass is 9.92. The molecule has 0 N–H and O–H groups in total. The molecule has 0 bridgehead atoms. The van der Waals surface area contributed by atoms with Gasteiger partial charge in [0.25, 0.3) is 11.8 Å². The first kappa shape index (κ1) is 17.7. The Bertz CT molecular complexity index is 835. The third-order valence-electron chi connectivity index (χ3n) is 5.34. The van der Waals surface area contributed by atoms with Crippen LogP contribution in [0.1, 0.15) is 35.6 Å². The highest BCUT2D eigenvalue weighted by Gasteiger charge is 2.42. The van der Waals surface area contributed by atoms with Crippen LogP contribution < -0.4 is 4.90 Å². The van der Waals surface area contributed by atoms with Crippen molar-refractivity contribution < 1.29 is 18.7 Å². The van der Waals surface area contributed by atoms with E-state index in [0.717, 1.165) is 18.5 Å². The van der Waals surface area contributed by atoms with Gasteiger partial charge in [-0.25, -0.2) is 4.98 Å². The van der Waals surface area contributed by atoms with E-state index in [1.54, 1.807) is 11.8 Å². The van der Waals surface area contributed by atoms with Crippen LogP contribution in [0.3, 0.4) is 0 Å². The number of para-hydroxylation sites is 1. The number of amides is 2. The van der Waals surface area contributed by atoms with Crippen LogP contribution in [0.4, 0.5) is 5.69 Å². The van der Waals surface area contributed by atoms with Gasteiger partial charge in [-0.1, -0.05) is 18.2 Å². The van der Waals surface area contributed by atoms with Crippen molar-refractivity contribution in [3.8, 4) is 0 Å². The zero-order valence-electron chi connectivity index (χ0n) is 15.4. The van der Waals surface area contributed by atoms with Crippen molar-refractivity contribution >= 4 is 17.5 Å². The predicted octanol–water partition coefficient (Wildman–Crippen LogP) is 2.41. The van der Waals surface area contributed by atoms with Crippen LogP contribution >= 0.6 is 0 Å². The number of morpholine rings is 1. The molecule has 3 heterocycles. The fourth-order valence-electron chi connectivity index (χ4n) is 3.85. The van der Waals surface area contributed by atoms with Crippen molar-refractivity contribution in [3.63, 3.8) is 0 Å². The Morgan fingerprint density at radius 2 is 2.00 bits per heavy atom. The van der Waals surface area contributed by atoms with E-state index in [2.05, 4.69) is 4.98 Å². The number of carbonyl (C=O) groups is 2. The lowest BCUT2D eigenvalue weighted by Gasteiger charge is -2.42. The van der Waals surface area contributed by atoms with E-state index < -0.39 is 5.60 Å². The topological polar surface area (TPSA) is 75.9 Å². The Balaban J connectivity index is 1.48. The molecule has 0 aliphatic carbocycles. The standard InChI is InChI=1S/C20H23N3O4/c1-15-21-17(12-26-15)19(25)22-10-5-8-20(9-11-22)14-23(18(24)13-27-20)16-6-3-2-4-7-16/h2-4,6-7,12H,5,8-11,13-14H2,1H3. The first-order valence-electron chi connectivity index (χ1n) is 9.27. The Hall–Kier alpha value is -2.67. The molecule has 2 aliphatic heterocycles. The highest BCUT2D eigenvalue weighted by molar-refractivity contribution is 5.95. The second kappa shape index (κ2) is 7.15. The average Bonchev–Trinajstić information content (AvgIpc) is 3.02. The van der Waals surface area contributed by atoms with E-state index in [1.807, 2.05) is 35.2 Å². The number of carbonyl (C=O) groups excluding carboxylic acids is 2. The number of aryl methyl sites for hydroxylation is 1. The molecule has 1 atom stereocenters. The molecule has 4 rings (SSSR count). The van der Waals surface area contributed by atoms with Gasteiger partial charge >= 0.3 is 0 Å². The molecule has 2 saturated heterocycles. The van der Waals surface area contributed by atoms with Crippen molar-refractivity contribution in [1.29, 1.82) is 0 Å². The van der Waals surface area contributed by atoms with E-state index in [-0.39, 0.29) is 18.4 Å². The summed E-state index contributed by atoms with van der Waals surface area (Å²) in [4.78, 5) is 32.8. The third-order valence-corrected chi connectivity index (χ3v) is 5.34. The second-order valence-electron chi connectivity index (χ2n) is 7.18. The number of benzene rings is 1. The number of rotatable bonds is 2. The summed E-state index contributed by atoms with van der Waals surface area (Å²) < 4.78 is 11.2. The molecular formula is C20H23N3O4. The van der Waals surface area contributed by atoms with Crippen LogP contribution in [-0.2, 0) is 9.53 Å². The van der Waals surface area contributed by atoms with Crippen molar-refractivity contribution in [2.45, 2.75) is 31.8 Å². The molecule has 2 aromatic rings. The maximum Gasteiger partial charge on any atom is 0.275 e. The fraction of sp³-hybridized carbons (Fsp3) is 0.450. The average molecular weight is 369 g/mol. The minimum Gasteiger partial charge on any atom is -0.448 e. The number of likely N-dealkylation sites (tertiary alicyclic amines) is 1. The Morgan fingerprint density at radius 3 is 2.74 bits per heavy atom. The monoisotopic (exact) mass is 369 g/mol. The van der Waals surface area contributed by atoms with Gasteiger partial charge in [-0.3, -0.25) is 9.59 Å². The molecule has 1 spiro atoms. The van der Waals surface area contributed by atoms with Crippen LogP contribution in [0.5, 0.6) is 0 Å². The summed E-state index contributed by atoms with van der Waals surface area (Å²) in [7, 11) is 0. The van der Waals surface area contributed by atoms with Gasteiger partial charge in [-0.15, -0.1) is 0 Å². The van der Waals surface area contributed by atoms with Crippen molar-refractivity contribution in [2.75, 3.05) is 31.1 Å². The van der Waals surface area contributed by atoms with Gasteiger partial charge in [0.1, 0.15) is 12.9 Å². The lowest BCUT2D eigenvalue weighted by Crippen LogP contribution is -2.55. The smallest absolute Gasteiger partial charge is 0.275 e. The van der Waals surface area contributed by atoms with Crippen molar-refractivity contribution in [1.82, 2.24) is 9.88 Å². The van der Waals surface area contributed by atoms with Gasteiger partial charge < -0.3 is 19.0 Å². The Kier molecular flexibility index (Phi) is 4.70. The summed E-state index contributed by atoms with van der Waals surface area (Å²) in [6.07, 6.45) is 3.72. The summed E-state index contributed by atoms with van der Waals surface area (Å²) in [5, 5.41) is 0. The zero-order valence-corrected chi connectivity index (χ0v) is 15.4. The molecule has 0 saturated carbocycles. The SMILES string of the molecule is Cc1nc(C(=O)N2CCCC3(CC2)CN(c2ccccc2)C(=O)CO3)co1. The number of hydrogen-bond acceptors (Lipinski definition) is 5. The highest BCUT2D eigenvalue weighted by Crippen LogP contribution is 2.33. The molecule has 142 valence electrons. The van der Waals surface area contributed by atoms with Gasteiger partial charge in [0.2, 0.25) is 0 Å². The molecule has 1 aromatic heterocycles. The third kappa shape index (κ3) is 3.60. The number of aromatic nitrogens is 1. The first-order valence-corrected chi connectivity index (χ1v) is 9.27. The van der Waals surface area contributed by atoms with Crippen LogP contribution in [0, 0.1) is 6.92 Å². The van der Waals surface area contributed by atoms with Crippen LogP contribution in [-0.4, -0.2) is 53.5 Å². The Labute approximate surface area is 157 Å². The van der Waals surface area contributed by atoms with Gasteiger partial charge in [0.05, 0.1) is 12.1 Å². The summed E-state index contributed by atoms with van der Waals surface area (Å²) in [5.74, 6) is 0.343. The largest absolute Gasteiger partial charge is 0.448 e.